The second kappa shape index (κ2) is 7.07. The van der Waals surface area contributed by atoms with Gasteiger partial charge < -0.3 is 5.41 Å². The summed E-state index contributed by atoms with van der Waals surface area (Å²) in [4.78, 5) is 0. The molecule has 1 N–H and O–H groups in total. The minimum absolute atomic E-state index is 0.497. The molecule has 0 aromatic carbocycles. The van der Waals surface area contributed by atoms with Crippen molar-refractivity contribution in [1.29, 1.82) is 5.41 Å². The van der Waals surface area contributed by atoms with E-state index in [2.05, 4.69) is 26.5 Å². The van der Waals surface area contributed by atoms with E-state index in [1.807, 2.05) is 19.1 Å². The number of allylic oxidation sites excluding steroid dienone is 7. The average Bonchev–Trinajstić information content (AvgIpc) is 2.14. The van der Waals surface area contributed by atoms with Crippen LogP contribution in [0.15, 0.2) is 48.1 Å². The monoisotopic (exact) mass is 189 g/mol. The third kappa shape index (κ3) is 5.31. The molecule has 0 fully saturated rings. The summed E-state index contributed by atoms with van der Waals surface area (Å²) in [6, 6.07) is 0. The summed E-state index contributed by atoms with van der Waals surface area (Å²) < 4.78 is 0. The van der Waals surface area contributed by atoms with E-state index in [1.165, 1.54) is 11.8 Å². The van der Waals surface area contributed by atoms with Gasteiger partial charge in [0.1, 0.15) is 0 Å². The lowest BCUT2D eigenvalue weighted by molar-refractivity contribution is 0.790. The molecule has 0 saturated heterocycles. The van der Waals surface area contributed by atoms with Crippen LogP contribution in [0.3, 0.4) is 0 Å². The first kappa shape index (κ1) is 12.6. The van der Waals surface area contributed by atoms with E-state index in [0.717, 1.165) is 5.57 Å². The smallest absolute Gasteiger partial charge is 0.0177 e. The van der Waals surface area contributed by atoms with Gasteiger partial charge in [-0.2, -0.15) is 0 Å². The average molecular weight is 189 g/mol. The molecule has 0 aromatic heterocycles. The van der Waals surface area contributed by atoms with Gasteiger partial charge in [0, 0.05) is 6.21 Å². The fourth-order valence-electron chi connectivity index (χ4n) is 1.05. The van der Waals surface area contributed by atoms with Crippen LogP contribution in [-0.2, 0) is 0 Å². The Labute approximate surface area is 87.0 Å². The van der Waals surface area contributed by atoms with E-state index in [9.17, 15) is 0 Å². The van der Waals surface area contributed by atoms with Gasteiger partial charge in [0.05, 0.1) is 0 Å². The molecule has 76 valence electrons. The highest BCUT2D eigenvalue weighted by Gasteiger charge is 1.97. The quantitative estimate of drug-likeness (QED) is 0.501. The largest absolute Gasteiger partial charge is 0.309 e. The molecule has 0 unspecified atom stereocenters. The van der Waals surface area contributed by atoms with Gasteiger partial charge >= 0.3 is 0 Å². The third-order valence-electron chi connectivity index (χ3n) is 1.83. The Morgan fingerprint density at radius 3 is 2.43 bits per heavy atom. The second-order valence-corrected chi connectivity index (χ2v) is 3.47. The van der Waals surface area contributed by atoms with Crippen molar-refractivity contribution in [2.75, 3.05) is 0 Å². The van der Waals surface area contributed by atoms with Crippen LogP contribution in [0, 0.1) is 11.3 Å². The summed E-state index contributed by atoms with van der Waals surface area (Å²) in [5, 5.41) is 6.87. The molecule has 1 nitrogen and oxygen atoms in total. The minimum atomic E-state index is 0.497. The van der Waals surface area contributed by atoms with Gasteiger partial charge in [-0.15, -0.1) is 0 Å². The fourth-order valence-corrected chi connectivity index (χ4v) is 1.05. The van der Waals surface area contributed by atoms with Crippen LogP contribution in [-0.4, -0.2) is 6.21 Å². The summed E-state index contributed by atoms with van der Waals surface area (Å²) in [6.45, 7) is 10.0. The first-order valence-electron chi connectivity index (χ1n) is 4.79. The lowest BCUT2D eigenvalue weighted by Crippen LogP contribution is -1.90. The van der Waals surface area contributed by atoms with E-state index in [4.69, 9.17) is 5.41 Å². The molecular weight excluding hydrogens is 170 g/mol. The van der Waals surface area contributed by atoms with Gasteiger partial charge in [-0.05, 0) is 24.5 Å². The fraction of sp³-hybridized carbons (Fsp3) is 0.308. The van der Waals surface area contributed by atoms with Gasteiger partial charge in [-0.25, -0.2) is 0 Å². The maximum absolute atomic E-state index is 6.87. The Hall–Kier alpha value is -1.37. The lowest BCUT2D eigenvalue weighted by Gasteiger charge is -2.06. The van der Waals surface area contributed by atoms with Crippen LogP contribution in [0.4, 0.5) is 0 Å². The molecule has 1 heteroatoms. The van der Waals surface area contributed by atoms with E-state index in [0.29, 0.717) is 5.92 Å². The van der Waals surface area contributed by atoms with Crippen LogP contribution < -0.4 is 0 Å². The Morgan fingerprint density at radius 2 is 2.00 bits per heavy atom. The molecule has 0 aromatic rings. The van der Waals surface area contributed by atoms with Gasteiger partial charge in [0.25, 0.3) is 0 Å². The molecule has 0 rings (SSSR count). The van der Waals surface area contributed by atoms with Crippen molar-refractivity contribution < 1.29 is 0 Å². The molecule has 0 atom stereocenters. The van der Waals surface area contributed by atoms with Crippen LogP contribution in [0.25, 0.3) is 0 Å². The molecule has 0 amide bonds. The predicted octanol–water partition coefficient (Wildman–Crippen LogP) is 3.91. The molecule has 0 saturated carbocycles. The number of hydrogen-bond acceptors (Lipinski definition) is 1. The molecule has 0 heterocycles. The molecule has 0 aliphatic rings. The molecular formula is C13H19N. The Bertz CT molecular complexity index is 278. The molecule has 0 radical (unpaired) electrons. The maximum atomic E-state index is 6.87. The summed E-state index contributed by atoms with van der Waals surface area (Å²) >= 11 is 0. The standard InChI is InChI=1S/C13H19N/c1-5-7-13(11(2)3)10-12(4)8-6-9-14/h5-11,14H,1H2,2-4H3/b8-6-,12-10+,13-7+,14-9?. The number of hydrogen-bond donors (Lipinski definition) is 1. The minimum Gasteiger partial charge on any atom is -0.309 e. The molecule has 0 aliphatic heterocycles. The van der Waals surface area contributed by atoms with E-state index < -0.39 is 0 Å². The van der Waals surface area contributed by atoms with Crippen molar-refractivity contribution in [3.8, 4) is 0 Å². The second-order valence-electron chi connectivity index (χ2n) is 3.47. The number of rotatable bonds is 5. The zero-order chi connectivity index (χ0) is 11.0. The van der Waals surface area contributed by atoms with Crippen LogP contribution >= 0.6 is 0 Å². The van der Waals surface area contributed by atoms with Crippen molar-refractivity contribution >= 4 is 6.21 Å². The van der Waals surface area contributed by atoms with Crippen LogP contribution in [0.2, 0.25) is 0 Å². The summed E-state index contributed by atoms with van der Waals surface area (Å²) in [6.07, 6.45) is 10.9. The van der Waals surface area contributed by atoms with Crippen molar-refractivity contribution in [3.63, 3.8) is 0 Å². The Morgan fingerprint density at radius 1 is 1.36 bits per heavy atom. The normalized spacial score (nSPS) is 13.7. The Balaban J connectivity index is 4.72. The van der Waals surface area contributed by atoms with Crippen molar-refractivity contribution in [2.45, 2.75) is 20.8 Å². The summed E-state index contributed by atoms with van der Waals surface area (Å²) in [5.74, 6) is 0.497. The Kier molecular flexibility index (Phi) is 6.38. The third-order valence-corrected chi connectivity index (χ3v) is 1.83. The maximum Gasteiger partial charge on any atom is 0.0177 e. The highest BCUT2D eigenvalue weighted by molar-refractivity contribution is 5.68. The molecule has 14 heavy (non-hydrogen) atoms. The first-order valence-corrected chi connectivity index (χ1v) is 4.79. The SMILES string of the molecule is C=C\C=C(/C=C(C)/C=C\C=N)C(C)C. The zero-order valence-electron chi connectivity index (χ0n) is 9.25. The predicted molar refractivity (Wildman–Crippen MR) is 64.8 cm³/mol. The number of nitrogens with one attached hydrogen (secondary N) is 1. The highest BCUT2D eigenvalue weighted by Crippen LogP contribution is 2.13. The van der Waals surface area contributed by atoms with Gasteiger partial charge in [-0.3, -0.25) is 0 Å². The molecule has 0 bridgehead atoms. The lowest BCUT2D eigenvalue weighted by atomic mass is 10.0. The van der Waals surface area contributed by atoms with Crippen molar-refractivity contribution in [3.05, 3.63) is 48.1 Å². The molecule has 0 aliphatic carbocycles. The van der Waals surface area contributed by atoms with Gasteiger partial charge in [-0.1, -0.05) is 50.3 Å². The van der Waals surface area contributed by atoms with E-state index in [1.54, 1.807) is 12.2 Å². The topological polar surface area (TPSA) is 23.9 Å². The van der Waals surface area contributed by atoms with E-state index in [-0.39, 0.29) is 0 Å². The van der Waals surface area contributed by atoms with E-state index >= 15 is 0 Å². The van der Waals surface area contributed by atoms with Gasteiger partial charge in [0.15, 0.2) is 0 Å². The van der Waals surface area contributed by atoms with Crippen LogP contribution in [0.5, 0.6) is 0 Å². The zero-order valence-corrected chi connectivity index (χ0v) is 9.25. The van der Waals surface area contributed by atoms with Gasteiger partial charge in [0.2, 0.25) is 0 Å². The summed E-state index contributed by atoms with van der Waals surface area (Å²) in [7, 11) is 0. The molecule has 0 spiro atoms. The highest BCUT2D eigenvalue weighted by atomic mass is 14.3. The van der Waals surface area contributed by atoms with Crippen LogP contribution in [0.1, 0.15) is 20.8 Å². The first-order chi connectivity index (χ1) is 6.61. The van der Waals surface area contributed by atoms with Crippen molar-refractivity contribution in [2.24, 2.45) is 5.92 Å². The summed E-state index contributed by atoms with van der Waals surface area (Å²) in [5.41, 5.74) is 2.41. The van der Waals surface area contributed by atoms with Crippen molar-refractivity contribution in [1.82, 2.24) is 0 Å².